The van der Waals surface area contributed by atoms with Crippen LogP contribution in [-0.4, -0.2) is 49.5 Å². The molecule has 0 spiro atoms. The Morgan fingerprint density at radius 1 is 1.26 bits per heavy atom. The molecule has 0 aromatic heterocycles. The minimum absolute atomic E-state index is 0.125. The number of aliphatic carboxylic acids is 1. The van der Waals surface area contributed by atoms with Crippen LogP contribution in [0.4, 0.5) is 0 Å². The summed E-state index contributed by atoms with van der Waals surface area (Å²) in [7, 11) is 0. The van der Waals surface area contributed by atoms with Crippen molar-refractivity contribution in [3.8, 4) is 0 Å². The molecule has 1 amide bonds. The molecule has 2 rings (SSSR count). The highest BCUT2D eigenvalue weighted by Crippen LogP contribution is 2.36. The molecular formula is C13H21NO5. The van der Waals surface area contributed by atoms with Crippen molar-refractivity contribution in [2.75, 3.05) is 26.4 Å². The predicted molar refractivity (Wildman–Crippen MR) is 66.6 cm³/mol. The van der Waals surface area contributed by atoms with Crippen LogP contribution in [0.15, 0.2) is 0 Å². The van der Waals surface area contributed by atoms with Crippen molar-refractivity contribution >= 4 is 11.9 Å². The third kappa shape index (κ3) is 3.67. The van der Waals surface area contributed by atoms with E-state index in [0.29, 0.717) is 39.2 Å². The van der Waals surface area contributed by atoms with Gasteiger partial charge in [-0.25, -0.2) is 0 Å². The summed E-state index contributed by atoms with van der Waals surface area (Å²) >= 11 is 0. The molecule has 19 heavy (non-hydrogen) atoms. The van der Waals surface area contributed by atoms with Crippen LogP contribution in [0.1, 0.15) is 19.8 Å². The Kier molecular flexibility index (Phi) is 4.76. The maximum atomic E-state index is 12.1. The van der Waals surface area contributed by atoms with Crippen molar-refractivity contribution in [1.82, 2.24) is 5.32 Å². The molecular weight excluding hydrogens is 250 g/mol. The van der Waals surface area contributed by atoms with Crippen LogP contribution in [0.3, 0.4) is 0 Å². The van der Waals surface area contributed by atoms with Gasteiger partial charge in [0.2, 0.25) is 5.91 Å². The highest BCUT2D eigenvalue weighted by atomic mass is 16.6. The van der Waals surface area contributed by atoms with E-state index >= 15 is 0 Å². The molecule has 1 aliphatic heterocycles. The van der Waals surface area contributed by atoms with Gasteiger partial charge >= 0.3 is 5.97 Å². The Bertz CT molecular complexity index is 340. The quantitative estimate of drug-likeness (QED) is 0.766. The first-order chi connectivity index (χ1) is 9.08. The van der Waals surface area contributed by atoms with E-state index in [9.17, 15) is 9.59 Å². The van der Waals surface area contributed by atoms with E-state index in [1.165, 1.54) is 0 Å². The zero-order chi connectivity index (χ0) is 13.8. The summed E-state index contributed by atoms with van der Waals surface area (Å²) in [5, 5.41) is 11.9. The maximum absolute atomic E-state index is 12.1. The minimum atomic E-state index is -0.873. The van der Waals surface area contributed by atoms with Crippen LogP contribution in [0.2, 0.25) is 0 Å². The molecule has 2 fully saturated rings. The van der Waals surface area contributed by atoms with Crippen LogP contribution in [0, 0.1) is 17.8 Å². The largest absolute Gasteiger partial charge is 0.481 e. The molecule has 0 aromatic rings. The smallest absolute Gasteiger partial charge is 0.307 e. The zero-order valence-electron chi connectivity index (χ0n) is 11.1. The molecule has 1 saturated carbocycles. The summed E-state index contributed by atoms with van der Waals surface area (Å²) in [6, 6.07) is 0. The number of carbonyl (C=O) groups excluding carboxylic acids is 1. The van der Waals surface area contributed by atoms with Gasteiger partial charge in [-0.3, -0.25) is 9.59 Å². The summed E-state index contributed by atoms with van der Waals surface area (Å²) in [4.78, 5) is 23.2. The Morgan fingerprint density at radius 3 is 2.63 bits per heavy atom. The summed E-state index contributed by atoms with van der Waals surface area (Å²) in [5.74, 6) is -1.74. The molecule has 1 heterocycles. The van der Waals surface area contributed by atoms with Crippen molar-refractivity contribution in [3.05, 3.63) is 0 Å². The lowest BCUT2D eigenvalue weighted by atomic mass is 9.95. The normalized spacial score (nSPS) is 35.0. The molecule has 108 valence electrons. The summed E-state index contributed by atoms with van der Waals surface area (Å²) in [5.41, 5.74) is 0. The van der Waals surface area contributed by atoms with Gasteiger partial charge in [0.25, 0.3) is 0 Å². The standard InChI is InChI=1S/C13H21NO5/c1-8-4-10(11(5-8)13(16)17)12(15)14-6-9-7-18-2-3-19-9/h8-11H,2-7H2,1H3,(H,14,15)(H,16,17). The van der Waals surface area contributed by atoms with Gasteiger partial charge in [-0.15, -0.1) is 0 Å². The first-order valence-electron chi connectivity index (χ1n) is 6.77. The summed E-state index contributed by atoms with van der Waals surface area (Å²) in [6.45, 7) is 3.98. The van der Waals surface area contributed by atoms with Gasteiger partial charge in [-0.2, -0.15) is 0 Å². The Labute approximate surface area is 112 Å². The van der Waals surface area contributed by atoms with E-state index < -0.39 is 17.8 Å². The third-order valence-corrected chi connectivity index (χ3v) is 3.84. The van der Waals surface area contributed by atoms with Crippen LogP contribution in [0.5, 0.6) is 0 Å². The average Bonchev–Trinajstić information content (AvgIpc) is 2.79. The fourth-order valence-electron chi connectivity index (χ4n) is 2.85. The first kappa shape index (κ1) is 14.3. The van der Waals surface area contributed by atoms with Gasteiger partial charge in [0.15, 0.2) is 0 Å². The van der Waals surface area contributed by atoms with Crippen molar-refractivity contribution in [1.29, 1.82) is 0 Å². The Morgan fingerprint density at radius 2 is 2.00 bits per heavy atom. The number of carboxylic acid groups (broad SMARTS) is 1. The number of carbonyl (C=O) groups is 2. The maximum Gasteiger partial charge on any atom is 0.307 e. The topological polar surface area (TPSA) is 84.9 Å². The molecule has 0 radical (unpaired) electrons. The van der Waals surface area contributed by atoms with Crippen molar-refractivity contribution in [2.24, 2.45) is 17.8 Å². The molecule has 6 nitrogen and oxygen atoms in total. The summed E-state index contributed by atoms with van der Waals surface area (Å²) in [6.07, 6.45) is 1.10. The van der Waals surface area contributed by atoms with Gasteiger partial charge in [-0.05, 0) is 18.8 Å². The number of carboxylic acids is 1. The lowest BCUT2D eigenvalue weighted by Gasteiger charge is -2.24. The molecule has 0 bridgehead atoms. The van der Waals surface area contributed by atoms with Gasteiger partial charge in [0.1, 0.15) is 0 Å². The number of hydrogen-bond donors (Lipinski definition) is 2. The fourth-order valence-corrected chi connectivity index (χ4v) is 2.85. The SMILES string of the molecule is CC1CC(C(=O)O)C(C(=O)NCC2COCCO2)C1. The van der Waals surface area contributed by atoms with Crippen molar-refractivity contribution in [3.63, 3.8) is 0 Å². The summed E-state index contributed by atoms with van der Waals surface area (Å²) < 4.78 is 10.7. The zero-order valence-corrected chi connectivity index (χ0v) is 11.1. The number of nitrogens with one attached hydrogen (secondary N) is 1. The van der Waals surface area contributed by atoms with E-state index in [1.807, 2.05) is 6.92 Å². The Balaban J connectivity index is 1.82. The first-order valence-corrected chi connectivity index (χ1v) is 6.77. The molecule has 6 heteroatoms. The average molecular weight is 271 g/mol. The number of amides is 1. The fraction of sp³-hybridized carbons (Fsp3) is 0.846. The van der Waals surface area contributed by atoms with Crippen molar-refractivity contribution in [2.45, 2.75) is 25.9 Å². The second-order valence-electron chi connectivity index (χ2n) is 5.44. The van der Waals surface area contributed by atoms with E-state index in [2.05, 4.69) is 5.32 Å². The van der Waals surface area contributed by atoms with E-state index in [1.54, 1.807) is 0 Å². The lowest BCUT2D eigenvalue weighted by molar-refractivity contribution is -0.146. The second-order valence-corrected chi connectivity index (χ2v) is 5.44. The van der Waals surface area contributed by atoms with Gasteiger partial charge in [-0.1, -0.05) is 6.92 Å². The van der Waals surface area contributed by atoms with Gasteiger partial charge in [0, 0.05) is 6.54 Å². The van der Waals surface area contributed by atoms with Crippen LogP contribution in [0.25, 0.3) is 0 Å². The van der Waals surface area contributed by atoms with E-state index in [0.717, 1.165) is 0 Å². The molecule has 0 aromatic carbocycles. The van der Waals surface area contributed by atoms with Gasteiger partial charge < -0.3 is 19.9 Å². The molecule has 1 aliphatic carbocycles. The van der Waals surface area contributed by atoms with Gasteiger partial charge in [0.05, 0.1) is 37.8 Å². The monoisotopic (exact) mass is 271 g/mol. The molecule has 1 saturated heterocycles. The lowest BCUT2D eigenvalue weighted by Crippen LogP contribution is -2.43. The number of hydrogen-bond acceptors (Lipinski definition) is 4. The minimum Gasteiger partial charge on any atom is -0.481 e. The van der Waals surface area contributed by atoms with Crippen molar-refractivity contribution < 1.29 is 24.2 Å². The molecule has 4 unspecified atom stereocenters. The van der Waals surface area contributed by atoms with E-state index in [-0.39, 0.29) is 17.9 Å². The van der Waals surface area contributed by atoms with E-state index in [4.69, 9.17) is 14.6 Å². The highest BCUT2D eigenvalue weighted by Gasteiger charge is 2.41. The van der Waals surface area contributed by atoms with Crippen LogP contribution >= 0.6 is 0 Å². The third-order valence-electron chi connectivity index (χ3n) is 3.84. The molecule has 4 atom stereocenters. The molecule has 2 aliphatic rings. The van der Waals surface area contributed by atoms with Crippen LogP contribution < -0.4 is 5.32 Å². The number of ether oxygens (including phenoxy) is 2. The second kappa shape index (κ2) is 6.34. The number of rotatable bonds is 4. The predicted octanol–water partition coefficient (Wildman–Crippen LogP) is 0.265. The van der Waals surface area contributed by atoms with Crippen LogP contribution in [-0.2, 0) is 19.1 Å². The highest BCUT2D eigenvalue weighted by molar-refractivity contribution is 5.85. The molecule has 2 N–H and O–H groups in total. The Hall–Kier alpha value is -1.14.